The van der Waals surface area contributed by atoms with Crippen molar-refractivity contribution in [3.8, 4) is 17.6 Å². The lowest BCUT2D eigenvalue weighted by atomic mass is 10.1. The van der Waals surface area contributed by atoms with Crippen LogP contribution in [0.25, 0.3) is 0 Å². The number of nitrogens with two attached hydrogens (primary N) is 1. The zero-order valence-corrected chi connectivity index (χ0v) is 12.9. The number of benzene rings is 1. The Labute approximate surface area is 126 Å². The summed E-state index contributed by atoms with van der Waals surface area (Å²) in [7, 11) is 3.40. The second-order valence-corrected chi connectivity index (χ2v) is 4.40. The van der Waals surface area contributed by atoms with Gasteiger partial charge in [-0.25, -0.2) is 0 Å². The van der Waals surface area contributed by atoms with Gasteiger partial charge in [0.1, 0.15) is 12.4 Å². The van der Waals surface area contributed by atoms with Crippen LogP contribution in [0, 0.1) is 11.8 Å². The molecule has 0 aliphatic rings. The maximum absolute atomic E-state index is 11.6. The van der Waals surface area contributed by atoms with E-state index in [-0.39, 0.29) is 18.3 Å². The van der Waals surface area contributed by atoms with Gasteiger partial charge in [-0.1, -0.05) is 18.1 Å². The summed E-state index contributed by atoms with van der Waals surface area (Å²) < 4.78 is 5.41. The van der Waals surface area contributed by atoms with Crippen LogP contribution in [0.1, 0.15) is 12.5 Å². The minimum absolute atomic E-state index is 0. The monoisotopic (exact) mass is 296 g/mol. The van der Waals surface area contributed by atoms with Crippen LogP contribution < -0.4 is 10.5 Å². The molecule has 5 heteroatoms. The topological polar surface area (TPSA) is 55.6 Å². The van der Waals surface area contributed by atoms with E-state index in [4.69, 9.17) is 10.5 Å². The van der Waals surface area contributed by atoms with Gasteiger partial charge in [-0.3, -0.25) is 4.79 Å². The van der Waals surface area contributed by atoms with Crippen LogP contribution in [0.3, 0.4) is 0 Å². The van der Waals surface area contributed by atoms with Crippen LogP contribution in [0.4, 0.5) is 0 Å². The Balaban J connectivity index is 0.00000361. The highest BCUT2D eigenvalue weighted by atomic mass is 35.5. The summed E-state index contributed by atoms with van der Waals surface area (Å²) in [4.78, 5) is 13.2. The van der Waals surface area contributed by atoms with E-state index in [0.29, 0.717) is 13.0 Å². The molecule has 1 atom stereocenters. The van der Waals surface area contributed by atoms with E-state index in [0.717, 1.165) is 11.3 Å². The van der Waals surface area contributed by atoms with Crippen molar-refractivity contribution in [2.75, 3.05) is 20.7 Å². The maximum atomic E-state index is 11.6. The summed E-state index contributed by atoms with van der Waals surface area (Å²) in [6.45, 7) is 2.16. The van der Waals surface area contributed by atoms with Gasteiger partial charge < -0.3 is 15.4 Å². The average Bonchev–Trinajstić information content (AvgIpc) is 2.40. The number of rotatable bonds is 5. The first-order chi connectivity index (χ1) is 9.04. The summed E-state index contributed by atoms with van der Waals surface area (Å²) >= 11 is 0. The molecular weight excluding hydrogens is 276 g/mol. The van der Waals surface area contributed by atoms with E-state index in [2.05, 4.69) is 11.8 Å². The second-order valence-electron chi connectivity index (χ2n) is 4.40. The fourth-order valence-electron chi connectivity index (χ4n) is 1.59. The van der Waals surface area contributed by atoms with Crippen molar-refractivity contribution >= 4 is 18.3 Å². The fraction of sp³-hybridized carbons (Fsp3) is 0.400. The molecule has 0 saturated carbocycles. The Morgan fingerprint density at radius 3 is 2.45 bits per heavy atom. The third-order valence-electron chi connectivity index (χ3n) is 2.62. The highest BCUT2D eigenvalue weighted by Crippen LogP contribution is 2.13. The first kappa shape index (κ1) is 18.3. The number of ether oxygens (including phenoxy) is 1. The maximum Gasteiger partial charge on any atom is 0.239 e. The molecule has 0 spiro atoms. The number of likely N-dealkylation sites (N-methyl/N-ethyl adjacent to an activating group) is 1. The number of halogens is 1. The molecule has 110 valence electrons. The Hall–Kier alpha value is -1.70. The summed E-state index contributed by atoms with van der Waals surface area (Å²) in [5, 5.41) is 0. The van der Waals surface area contributed by atoms with Gasteiger partial charge in [-0.05, 0) is 31.0 Å². The summed E-state index contributed by atoms with van der Waals surface area (Å²) in [5.74, 6) is 6.29. The van der Waals surface area contributed by atoms with Crippen LogP contribution in [-0.4, -0.2) is 37.6 Å². The van der Waals surface area contributed by atoms with Gasteiger partial charge >= 0.3 is 0 Å². The molecule has 0 saturated heterocycles. The van der Waals surface area contributed by atoms with Gasteiger partial charge in [0.05, 0.1) is 6.04 Å². The number of carbonyl (C=O) groups is 1. The van der Waals surface area contributed by atoms with Crippen LogP contribution >= 0.6 is 12.4 Å². The number of hydrogen-bond donors (Lipinski definition) is 1. The van der Waals surface area contributed by atoms with Crippen molar-refractivity contribution in [2.24, 2.45) is 5.73 Å². The molecule has 0 aliphatic heterocycles. The van der Waals surface area contributed by atoms with Gasteiger partial charge in [-0.15, -0.1) is 18.3 Å². The lowest BCUT2D eigenvalue weighted by Crippen LogP contribution is -2.41. The lowest BCUT2D eigenvalue weighted by molar-refractivity contribution is -0.130. The molecule has 20 heavy (non-hydrogen) atoms. The van der Waals surface area contributed by atoms with Crippen LogP contribution in [0.2, 0.25) is 0 Å². The lowest BCUT2D eigenvalue weighted by Gasteiger charge is -2.16. The normalized spacial score (nSPS) is 10.6. The third-order valence-corrected chi connectivity index (χ3v) is 2.62. The van der Waals surface area contributed by atoms with Crippen molar-refractivity contribution < 1.29 is 9.53 Å². The molecule has 4 nitrogen and oxygen atoms in total. The zero-order chi connectivity index (χ0) is 14.3. The smallest absolute Gasteiger partial charge is 0.239 e. The molecule has 0 aromatic heterocycles. The van der Waals surface area contributed by atoms with Gasteiger partial charge in [-0.2, -0.15) is 0 Å². The van der Waals surface area contributed by atoms with Gasteiger partial charge in [0.15, 0.2) is 0 Å². The summed E-state index contributed by atoms with van der Waals surface area (Å²) in [6, 6.07) is 7.04. The summed E-state index contributed by atoms with van der Waals surface area (Å²) in [6.07, 6.45) is 0.520. The van der Waals surface area contributed by atoms with E-state index in [1.165, 1.54) is 4.90 Å². The Kier molecular flexibility index (Phi) is 8.46. The molecule has 1 rings (SSSR count). The molecule has 0 radical (unpaired) electrons. The molecule has 2 N–H and O–H groups in total. The van der Waals surface area contributed by atoms with E-state index in [9.17, 15) is 4.79 Å². The van der Waals surface area contributed by atoms with Crippen molar-refractivity contribution in [3.63, 3.8) is 0 Å². The molecule has 0 bridgehead atoms. The first-order valence-electron chi connectivity index (χ1n) is 6.12. The highest BCUT2D eigenvalue weighted by Gasteiger charge is 2.15. The SMILES string of the molecule is CC#CCOc1ccc(C[C@H](N)C(=O)N(C)C)cc1.Cl. The second kappa shape index (κ2) is 9.24. The number of amides is 1. The number of hydrogen-bond acceptors (Lipinski definition) is 3. The number of carbonyl (C=O) groups excluding carboxylic acids is 1. The Morgan fingerprint density at radius 2 is 1.95 bits per heavy atom. The number of nitrogens with zero attached hydrogens (tertiary/aromatic N) is 1. The van der Waals surface area contributed by atoms with Crippen LogP contribution in [0.5, 0.6) is 5.75 Å². The molecule has 1 aromatic carbocycles. The summed E-state index contributed by atoms with van der Waals surface area (Å²) in [5.41, 5.74) is 6.86. The van der Waals surface area contributed by atoms with Crippen molar-refractivity contribution in [1.29, 1.82) is 0 Å². The van der Waals surface area contributed by atoms with E-state index in [1.807, 2.05) is 24.3 Å². The molecule has 0 fully saturated rings. The van der Waals surface area contributed by atoms with Crippen LogP contribution in [0.15, 0.2) is 24.3 Å². The highest BCUT2D eigenvalue weighted by molar-refractivity contribution is 5.85. The predicted molar refractivity (Wildman–Crippen MR) is 83.0 cm³/mol. The van der Waals surface area contributed by atoms with Gasteiger partial charge in [0.25, 0.3) is 0 Å². The molecular formula is C15H21ClN2O2. The average molecular weight is 297 g/mol. The molecule has 0 aliphatic carbocycles. The fourth-order valence-corrected chi connectivity index (χ4v) is 1.59. The quantitative estimate of drug-likeness (QED) is 0.837. The van der Waals surface area contributed by atoms with Crippen molar-refractivity contribution in [3.05, 3.63) is 29.8 Å². The van der Waals surface area contributed by atoms with Gasteiger partial charge in [0.2, 0.25) is 5.91 Å². The predicted octanol–water partition coefficient (Wildman–Crippen LogP) is 1.47. The molecule has 0 heterocycles. The minimum atomic E-state index is -0.507. The minimum Gasteiger partial charge on any atom is -0.481 e. The third kappa shape index (κ3) is 5.96. The first-order valence-corrected chi connectivity index (χ1v) is 6.12. The van der Waals surface area contributed by atoms with E-state index < -0.39 is 6.04 Å². The van der Waals surface area contributed by atoms with E-state index in [1.54, 1.807) is 21.0 Å². The Morgan fingerprint density at radius 1 is 1.35 bits per heavy atom. The van der Waals surface area contributed by atoms with Gasteiger partial charge in [0, 0.05) is 14.1 Å². The van der Waals surface area contributed by atoms with Crippen molar-refractivity contribution in [1.82, 2.24) is 4.90 Å². The largest absolute Gasteiger partial charge is 0.481 e. The van der Waals surface area contributed by atoms with Crippen LogP contribution in [-0.2, 0) is 11.2 Å². The molecule has 0 unspecified atom stereocenters. The zero-order valence-electron chi connectivity index (χ0n) is 12.1. The molecule has 1 amide bonds. The Bertz CT molecular complexity index is 475. The standard InChI is InChI=1S/C15H20N2O2.ClH/c1-4-5-10-19-13-8-6-12(7-9-13)11-14(16)15(18)17(2)3;/h6-9,14H,10-11,16H2,1-3H3;1H/t14-;/m0./s1. The molecule has 1 aromatic rings. The van der Waals surface area contributed by atoms with E-state index >= 15 is 0 Å². The van der Waals surface area contributed by atoms with Crippen molar-refractivity contribution in [2.45, 2.75) is 19.4 Å².